The Kier molecular flexibility index (Phi) is 8.90. The van der Waals surface area contributed by atoms with Crippen LogP contribution in [0.2, 0.25) is 0 Å². The van der Waals surface area contributed by atoms with E-state index >= 15 is 0 Å². The number of hydrogen-bond donors (Lipinski definition) is 3. The quantitative estimate of drug-likeness (QED) is 0.304. The molecular weight excluding hydrogens is 456 g/mol. The first kappa shape index (κ1) is 25.6. The van der Waals surface area contributed by atoms with Crippen LogP contribution in [0.25, 0.3) is 6.08 Å². The highest BCUT2D eigenvalue weighted by atomic mass is 16.6. The second-order valence-corrected chi connectivity index (χ2v) is 9.08. The van der Waals surface area contributed by atoms with Crippen LogP contribution in [0.4, 0.5) is 0 Å². The Morgan fingerprint density at radius 1 is 0.889 bits per heavy atom. The summed E-state index contributed by atoms with van der Waals surface area (Å²) >= 11 is 0. The van der Waals surface area contributed by atoms with E-state index in [2.05, 4.69) is 24.3 Å². The monoisotopic (exact) mass is 488 g/mol. The van der Waals surface area contributed by atoms with Gasteiger partial charge < -0.3 is 24.8 Å². The van der Waals surface area contributed by atoms with E-state index in [4.69, 9.17) is 9.47 Å². The van der Waals surface area contributed by atoms with Gasteiger partial charge in [-0.3, -0.25) is 0 Å². The predicted octanol–water partition coefficient (Wildman–Crippen LogP) is 4.44. The molecule has 0 heterocycles. The lowest BCUT2D eigenvalue weighted by Gasteiger charge is -2.36. The second kappa shape index (κ2) is 12.5. The lowest BCUT2D eigenvalue weighted by molar-refractivity contribution is -0.170. The van der Waals surface area contributed by atoms with E-state index in [1.807, 2.05) is 36.4 Å². The number of phenols is 1. The topological polar surface area (TPSA) is 96.2 Å². The van der Waals surface area contributed by atoms with Crippen LogP contribution in [0.5, 0.6) is 5.75 Å². The third-order valence-electron chi connectivity index (χ3n) is 6.51. The standard InChI is InChI=1S/C30H32O6/c31-24-14-11-21(12-15-24)13-16-29(33)36-28-20-25(19-27(32)30(28)34)35-18-17-26(22-7-3-1-4-8-22)23-9-5-2-6-10-23/h1-16,25-28,30-32,34H,17-20H2/b16-13+/t25-,27-,28+,30+/m0/s1. The molecule has 1 saturated carbocycles. The molecule has 0 aliphatic heterocycles. The Hall–Kier alpha value is -3.45. The molecule has 6 nitrogen and oxygen atoms in total. The van der Waals surface area contributed by atoms with Crippen LogP contribution >= 0.6 is 0 Å². The Bertz CT molecular complexity index is 1070. The number of esters is 1. The lowest BCUT2D eigenvalue weighted by atomic mass is 9.88. The van der Waals surface area contributed by atoms with Crippen LogP contribution < -0.4 is 0 Å². The minimum Gasteiger partial charge on any atom is -0.508 e. The highest BCUT2D eigenvalue weighted by molar-refractivity contribution is 5.87. The van der Waals surface area contributed by atoms with E-state index in [1.54, 1.807) is 18.2 Å². The van der Waals surface area contributed by atoms with Gasteiger partial charge in [-0.05, 0) is 41.3 Å². The van der Waals surface area contributed by atoms with E-state index in [1.165, 1.54) is 29.3 Å². The van der Waals surface area contributed by atoms with Crippen LogP contribution in [0.3, 0.4) is 0 Å². The van der Waals surface area contributed by atoms with Crippen LogP contribution in [-0.4, -0.2) is 52.3 Å². The van der Waals surface area contributed by atoms with Gasteiger partial charge in [-0.25, -0.2) is 4.79 Å². The zero-order chi connectivity index (χ0) is 25.3. The molecule has 0 unspecified atom stereocenters. The van der Waals surface area contributed by atoms with Gasteiger partial charge in [-0.2, -0.15) is 0 Å². The van der Waals surface area contributed by atoms with Crippen molar-refractivity contribution in [3.63, 3.8) is 0 Å². The zero-order valence-electron chi connectivity index (χ0n) is 20.0. The van der Waals surface area contributed by atoms with E-state index in [0.717, 1.165) is 12.0 Å². The highest BCUT2D eigenvalue weighted by Crippen LogP contribution is 2.30. The number of rotatable bonds is 9. The Labute approximate surface area is 211 Å². The molecule has 6 heteroatoms. The average Bonchev–Trinajstić information content (AvgIpc) is 2.90. The molecule has 1 fully saturated rings. The van der Waals surface area contributed by atoms with E-state index in [9.17, 15) is 20.1 Å². The van der Waals surface area contributed by atoms with E-state index in [0.29, 0.717) is 13.0 Å². The number of aliphatic hydroxyl groups excluding tert-OH is 2. The highest BCUT2D eigenvalue weighted by Gasteiger charge is 2.38. The maximum absolute atomic E-state index is 12.3. The normalized spacial score (nSPS) is 22.1. The molecule has 3 aromatic rings. The second-order valence-electron chi connectivity index (χ2n) is 9.08. The van der Waals surface area contributed by atoms with Gasteiger partial charge in [0.2, 0.25) is 0 Å². The summed E-state index contributed by atoms with van der Waals surface area (Å²) in [5.41, 5.74) is 3.14. The molecule has 3 aromatic carbocycles. The average molecular weight is 489 g/mol. The fourth-order valence-electron chi connectivity index (χ4n) is 4.59. The first-order valence-electron chi connectivity index (χ1n) is 12.2. The Balaban J connectivity index is 1.33. The summed E-state index contributed by atoms with van der Waals surface area (Å²) in [7, 11) is 0. The summed E-state index contributed by atoms with van der Waals surface area (Å²) < 4.78 is 11.6. The first-order valence-corrected chi connectivity index (χ1v) is 12.2. The van der Waals surface area contributed by atoms with Crippen molar-refractivity contribution in [3.8, 4) is 5.75 Å². The van der Waals surface area contributed by atoms with Gasteiger partial charge in [0.05, 0.1) is 12.2 Å². The number of aliphatic hydroxyl groups is 2. The van der Waals surface area contributed by atoms with E-state index in [-0.39, 0.29) is 24.2 Å². The summed E-state index contributed by atoms with van der Waals surface area (Å²) in [5.74, 6) is -0.308. The number of carbonyl (C=O) groups excluding carboxylic acids is 1. The molecule has 0 spiro atoms. The van der Waals surface area contributed by atoms with Crippen LogP contribution in [-0.2, 0) is 14.3 Å². The summed E-state index contributed by atoms with van der Waals surface area (Å²) in [6, 6.07) is 26.9. The molecule has 36 heavy (non-hydrogen) atoms. The molecule has 0 radical (unpaired) electrons. The van der Waals surface area contributed by atoms with Crippen LogP contribution in [0, 0.1) is 0 Å². The van der Waals surface area contributed by atoms with Crippen molar-refractivity contribution in [2.24, 2.45) is 0 Å². The van der Waals surface area contributed by atoms with Gasteiger partial charge in [0.15, 0.2) is 0 Å². The molecule has 4 atom stereocenters. The molecule has 188 valence electrons. The fraction of sp³-hybridized carbons (Fsp3) is 0.300. The first-order chi connectivity index (χ1) is 17.5. The van der Waals surface area contributed by atoms with Gasteiger partial charge in [-0.1, -0.05) is 72.8 Å². The van der Waals surface area contributed by atoms with Crippen molar-refractivity contribution in [1.82, 2.24) is 0 Å². The number of hydrogen-bond acceptors (Lipinski definition) is 6. The fourth-order valence-corrected chi connectivity index (χ4v) is 4.59. The van der Waals surface area contributed by atoms with Crippen molar-refractivity contribution in [2.45, 2.75) is 49.6 Å². The molecule has 3 N–H and O–H groups in total. The van der Waals surface area contributed by atoms with Crippen molar-refractivity contribution in [1.29, 1.82) is 0 Å². The largest absolute Gasteiger partial charge is 0.508 e. The predicted molar refractivity (Wildman–Crippen MR) is 137 cm³/mol. The van der Waals surface area contributed by atoms with Gasteiger partial charge in [0.1, 0.15) is 18.0 Å². The summed E-state index contributed by atoms with van der Waals surface area (Å²) in [5, 5.41) is 30.1. The third-order valence-corrected chi connectivity index (χ3v) is 6.51. The molecule has 1 aliphatic rings. The maximum atomic E-state index is 12.3. The van der Waals surface area contributed by atoms with Gasteiger partial charge in [0.25, 0.3) is 0 Å². The lowest BCUT2D eigenvalue weighted by Crippen LogP contribution is -2.48. The summed E-state index contributed by atoms with van der Waals surface area (Å²) in [6.45, 7) is 0.462. The number of benzene rings is 3. The van der Waals surface area contributed by atoms with Gasteiger partial charge >= 0.3 is 5.97 Å². The van der Waals surface area contributed by atoms with Gasteiger partial charge in [-0.15, -0.1) is 0 Å². The number of carbonyl (C=O) groups is 1. The van der Waals surface area contributed by atoms with Crippen molar-refractivity contribution < 1.29 is 29.6 Å². The number of ether oxygens (including phenoxy) is 2. The molecule has 0 amide bonds. The van der Waals surface area contributed by atoms with Crippen LogP contribution in [0.15, 0.2) is 91.0 Å². The number of phenolic OH excluding ortho intramolecular Hbond substituents is 1. The van der Waals surface area contributed by atoms with Gasteiger partial charge in [0, 0.05) is 31.4 Å². The molecule has 0 aromatic heterocycles. The number of aromatic hydroxyl groups is 1. The minimum absolute atomic E-state index is 0.138. The molecule has 4 rings (SSSR count). The molecular formula is C30H32O6. The van der Waals surface area contributed by atoms with E-state index < -0.39 is 24.3 Å². The molecule has 0 saturated heterocycles. The van der Waals surface area contributed by atoms with Crippen molar-refractivity contribution >= 4 is 12.0 Å². The smallest absolute Gasteiger partial charge is 0.331 e. The molecule has 1 aliphatic carbocycles. The zero-order valence-corrected chi connectivity index (χ0v) is 20.0. The molecule has 0 bridgehead atoms. The summed E-state index contributed by atoms with van der Waals surface area (Å²) in [4.78, 5) is 12.3. The van der Waals surface area contributed by atoms with Crippen molar-refractivity contribution in [3.05, 3.63) is 108 Å². The minimum atomic E-state index is -1.17. The third kappa shape index (κ3) is 7.04. The summed E-state index contributed by atoms with van der Waals surface area (Å²) in [6.07, 6.45) is 0.749. The SMILES string of the molecule is O=C(/C=C/c1ccc(O)cc1)O[C@@H]1C[C@@H](OCCC(c2ccccc2)c2ccccc2)C[C@H](O)[C@H]1O. The maximum Gasteiger partial charge on any atom is 0.331 e. The van der Waals surface area contributed by atoms with Crippen molar-refractivity contribution in [2.75, 3.05) is 6.61 Å². The Morgan fingerprint density at radius 3 is 2.11 bits per heavy atom. The van der Waals surface area contributed by atoms with Crippen LogP contribution in [0.1, 0.15) is 41.9 Å². The Morgan fingerprint density at radius 2 is 1.50 bits per heavy atom.